The number of aryl methyl sites for hydroxylation is 1. The zero-order valence-electron chi connectivity index (χ0n) is 15.3. The van der Waals surface area contributed by atoms with Crippen LogP contribution in [0.25, 0.3) is 0 Å². The van der Waals surface area contributed by atoms with Crippen molar-refractivity contribution in [2.45, 2.75) is 19.9 Å². The van der Waals surface area contributed by atoms with Crippen molar-refractivity contribution in [2.24, 2.45) is 5.92 Å². The second-order valence-electron chi connectivity index (χ2n) is 6.58. The number of carbonyl (C=O) groups is 2. The van der Waals surface area contributed by atoms with Gasteiger partial charge in [0.25, 0.3) is 0 Å². The molecule has 0 radical (unpaired) electrons. The van der Waals surface area contributed by atoms with Gasteiger partial charge in [0, 0.05) is 25.1 Å². The molecule has 0 bridgehead atoms. The van der Waals surface area contributed by atoms with Gasteiger partial charge in [-0.05, 0) is 24.6 Å². The Hall–Kier alpha value is -3.02. The predicted molar refractivity (Wildman–Crippen MR) is 99.8 cm³/mol. The molecule has 1 N–H and O–H groups in total. The van der Waals surface area contributed by atoms with E-state index in [0.717, 1.165) is 16.9 Å². The Morgan fingerprint density at radius 1 is 1.07 bits per heavy atom. The van der Waals surface area contributed by atoms with E-state index in [0.29, 0.717) is 25.5 Å². The summed E-state index contributed by atoms with van der Waals surface area (Å²) >= 11 is 0. The van der Waals surface area contributed by atoms with E-state index >= 15 is 0 Å². The Labute approximate surface area is 158 Å². The normalized spacial score (nSPS) is 16.4. The number of likely N-dealkylation sites (tertiary alicyclic amines) is 1. The zero-order valence-corrected chi connectivity index (χ0v) is 15.3. The molecule has 3 rings (SSSR count). The summed E-state index contributed by atoms with van der Waals surface area (Å²) in [6.07, 6.45) is 0.0582. The van der Waals surface area contributed by atoms with Crippen molar-refractivity contribution >= 4 is 11.9 Å². The van der Waals surface area contributed by atoms with Crippen LogP contribution in [0.15, 0.2) is 48.5 Å². The molecule has 1 aliphatic rings. The van der Waals surface area contributed by atoms with Crippen molar-refractivity contribution in [2.75, 3.05) is 19.8 Å². The molecule has 1 saturated heterocycles. The number of aliphatic carboxylic acids is 1. The van der Waals surface area contributed by atoms with Gasteiger partial charge in [-0.3, -0.25) is 9.59 Å². The molecule has 0 aromatic heterocycles. The molecule has 0 spiro atoms. The first-order valence-electron chi connectivity index (χ1n) is 8.94. The number of amides is 1. The second kappa shape index (κ2) is 8.58. The monoisotopic (exact) mass is 369 g/mol. The minimum absolute atomic E-state index is 0.0582. The summed E-state index contributed by atoms with van der Waals surface area (Å²) in [5, 5.41) is 9.11. The maximum Gasteiger partial charge on any atom is 0.308 e. The number of carboxylic acids is 1. The highest BCUT2D eigenvalue weighted by molar-refractivity contribution is 5.86. The summed E-state index contributed by atoms with van der Waals surface area (Å²) in [5.41, 5.74) is 1.92. The van der Waals surface area contributed by atoms with E-state index in [4.69, 9.17) is 14.6 Å². The van der Waals surface area contributed by atoms with Gasteiger partial charge in [-0.25, -0.2) is 0 Å². The van der Waals surface area contributed by atoms with Gasteiger partial charge in [0.15, 0.2) is 0 Å². The van der Waals surface area contributed by atoms with Crippen LogP contribution in [0, 0.1) is 12.8 Å². The van der Waals surface area contributed by atoms with Crippen LogP contribution in [0.2, 0.25) is 0 Å². The molecule has 27 heavy (non-hydrogen) atoms. The first-order chi connectivity index (χ1) is 13.0. The molecule has 0 aliphatic carbocycles. The van der Waals surface area contributed by atoms with Crippen molar-refractivity contribution in [1.82, 2.24) is 4.90 Å². The molecule has 1 atom stereocenters. The van der Waals surface area contributed by atoms with Gasteiger partial charge in [-0.15, -0.1) is 0 Å². The van der Waals surface area contributed by atoms with E-state index in [-0.39, 0.29) is 18.9 Å². The molecule has 2 aromatic carbocycles. The summed E-state index contributed by atoms with van der Waals surface area (Å²) in [6.45, 7) is 3.35. The number of rotatable bonds is 8. The molecule has 6 nitrogen and oxygen atoms in total. The second-order valence-corrected chi connectivity index (χ2v) is 6.58. The molecule has 1 amide bonds. The number of hydrogen-bond donors (Lipinski definition) is 1. The topological polar surface area (TPSA) is 76.1 Å². The van der Waals surface area contributed by atoms with Gasteiger partial charge >= 0.3 is 5.97 Å². The average Bonchev–Trinajstić information content (AvgIpc) is 3.02. The van der Waals surface area contributed by atoms with Gasteiger partial charge < -0.3 is 19.5 Å². The number of benzene rings is 2. The number of hydrogen-bond acceptors (Lipinski definition) is 4. The molecule has 142 valence electrons. The van der Waals surface area contributed by atoms with Gasteiger partial charge in [0.2, 0.25) is 5.91 Å². The standard InChI is InChI=1S/C21H23NO5/c1-15-6-2-4-8-18(15)26-10-11-27-19-9-5-3-7-16(19)13-22-14-17(21(24)25)12-20(22)23/h2-9,17H,10-14H2,1H3,(H,24,25). The van der Waals surface area contributed by atoms with E-state index in [1.54, 1.807) is 4.90 Å². The zero-order chi connectivity index (χ0) is 19.2. The molecule has 0 saturated carbocycles. The van der Waals surface area contributed by atoms with Crippen molar-refractivity contribution < 1.29 is 24.2 Å². The third-order valence-corrected chi connectivity index (χ3v) is 4.59. The third-order valence-electron chi connectivity index (χ3n) is 4.59. The number of carboxylic acid groups (broad SMARTS) is 1. The van der Waals surface area contributed by atoms with E-state index in [2.05, 4.69) is 0 Å². The minimum atomic E-state index is -0.927. The van der Waals surface area contributed by atoms with Crippen molar-refractivity contribution in [3.05, 3.63) is 59.7 Å². The average molecular weight is 369 g/mol. The van der Waals surface area contributed by atoms with Gasteiger partial charge in [-0.2, -0.15) is 0 Å². The largest absolute Gasteiger partial charge is 0.490 e. The van der Waals surface area contributed by atoms with Crippen LogP contribution in [0.3, 0.4) is 0 Å². The Kier molecular flexibility index (Phi) is 5.96. The Morgan fingerprint density at radius 3 is 2.37 bits per heavy atom. The fraction of sp³-hybridized carbons (Fsp3) is 0.333. The number of carbonyl (C=O) groups excluding carboxylic acids is 1. The van der Waals surface area contributed by atoms with Crippen LogP contribution in [-0.2, 0) is 16.1 Å². The number of para-hydroxylation sites is 2. The quantitative estimate of drug-likeness (QED) is 0.724. The maximum atomic E-state index is 12.1. The van der Waals surface area contributed by atoms with Crippen LogP contribution >= 0.6 is 0 Å². The molecule has 2 aromatic rings. The maximum absolute atomic E-state index is 12.1. The van der Waals surface area contributed by atoms with Crippen LogP contribution in [0.1, 0.15) is 17.5 Å². The summed E-state index contributed by atoms with van der Waals surface area (Å²) in [5.74, 6) is -0.189. The van der Waals surface area contributed by atoms with Gasteiger partial charge in [-0.1, -0.05) is 36.4 Å². The van der Waals surface area contributed by atoms with E-state index in [1.165, 1.54) is 0 Å². The minimum Gasteiger partial charge on any atom is -0.490 e. The van der Waals surface area contributed by atoms with Gasteiger partial charge in [0.1, 0.15) is 24.7 Å². The molecule has 6 heteroatoms. The lowest BCUT2D eigenvalue weighted by Gasteiger charge is -2.19. The Morgan fingerprint density at radius 2 is 1.70 bits per heavy atom. The lowest BCUT2D eigenvalue weighted by Crippen LogP contribution is -2.26. The van der Waals surface area contributed by atoms with Crippen molar-refractivity contribution in [3.8, 4) is 11.5 Å². The Bertz CT molecular complexity index is 820. The molecule has 1 aliphatic heterocycles. The highest BCUT2D eigenvalue weighted by Gasteiger charge is 2.34. The summed E-state index contributed by atoms with van der Waals surface area (Å²) in [6, 6.07) is 15.3. The highest BCUT2D eigenvalue weighted by atomic mass is 16.5. The molecular formula is C21H23NO5. The predicted octanol–water partition coefficient (Wildman–Crippen LogP) is 2.89. The summed E-state index contributed by atoms with van der Waals surface area (Å²) in [7, 11) is 0. The SMILES string of the molecule is Cc1ccccc1OCCOc1ccccc1CN1CC(C(=O)O)CC1=O. The molecular weight excluding hydrogens is 346 g/mol. The summed E-state index contributed by atoms with van der Waals surface area (Å²) < 4.78 is 11.6. The van der Waals surface area contributed by atoms with Crippen LogP contribution in [-0.4, -0.2) is 41.6 Å². The molecule has 1 heterocycles. The highest BCUT2D eigenvalue weighted by Crippen LogP contribution is 2.25. The first-order valence-corrected chi connectivity index (χ1v) is 8.94. The smallest absolute Gasteiger partial charge is 0.308 e. The fourth-order valence-electron chi connectivity index (χ4n) is 3.09. The van der Waals surface area contributed by atoms with Crippen LogP contribution in [0.5, 0.6) is 11.5 Å². The van der Waals surface area contributed by atoms with Crippen molar-refractivity contribution in [3.63, 3.8) is 0 Å². The molecule has 1 fully saturated rings. The lowest BCUT2D eigenvalue weighted by molar-refractivity contribution is -0.141. The lowest BCUT2D eigenvalue weighted by atomic mass is 10.1. The van der Waals surface area contributed by atoms with Crippen molar-refractivity contribution in [1.29, 1.82) is 0 Å². The summed E-state index contributed by atoms with van der Waals surface area (Å²) in [4.78, 5) is 24.7. The fourth-order valence-corrected chi connectivity index (χ4v) is 3.09. The van der Waals surface area contributed by atoms with Crippen LogP contribution < -0.4 is 9.47 Å². The Balaban J connectivity index is 1.55. The number of ether oxygens (including phenoxy) is 2. The van der Waals surface area contributed by atoms with Crippen LogP contribution in [0.4, 0.5) is 0 Å². The van der Waals surface area contributed by atoms with E-state index in [9.17, 15) is 9.59 Å². The van der Waals surface area contributed by atoms with E-state index in [1.807, 2.05) is 55.5 Å². The molecule has 1 unspecified atom stereocenters. The number of nitrogens with zero attached hydrogens (tertiary/aromatic N) is 1. The van der Waals surface area contributed by atoms with E-state index < -0.39 is 11.9 Å². The third kappa shape index (κ3) is 4.78. The van der Waals surface area contributed by atoms with Gasteiger partial charge in [0.05, 0.1) is 5.92 Å². The first kappa shape index (κ1) is 18.8.